The maximum Gasteiger partial charge on any atom is 0.416 e. The Bertz CT molecular complexity index is 825. The quantitative estimate of drug-likeness (QED) is 0.537. The van der Waals surface area contributed by atoms with Crippen LogP contribution in [0.4, 0.5) is 26.3 Å². The number of alkyl halides is 6. The molecule has 120 valence electrons. The second kappa shape index (κ2) is 5.04. The number of aromatic amines is 1. The van der Waals surface area contributed by atoms with Gasteiger partial charge in [0, 0.05) is 17.1 Å². The number of halogens is 6. The zero-order valence-electron chi connectivity index (χ0n) is 11.4. The Hall–Kier alpha value is -2.44. The first kappa shape index (κ1) is 15.5. The van der Waals surface area contributed by atoms with Gasteiger partial charge in [-0.15, -0.1) is 0 Å². The molecule has 0 saturated heterocycles. The normalized spacial score (nSPS) is 12.8. The third kappa shape index (κ3) is 2.91. The van der Waals surface area contributed by atoms with Gasteiger partial charge in [0.15, 0.2) is 0 Å². The smallest absolute Gasteiger partial charge is 0.361 e. The van der Waals surface area contributed by atoms with Crippen molar-refractivity contribution in [2.75, 3.05) is 0 Å². The van der Waals surface area contributed by atoms with Crippen LogP contribution in [-0.2, 0) is 12.4 Å². The molecule has 0 radical (unpaired) electrons. The summed E-state index contributed by atoms with van der Waals surface area (Å²) in [5.74, 6) is 0. The average Bonchev–Trinajstić information content (AvgIpc) is 2.93. The summed E-state index contributed by atoms with van der Waals surface area (Å²) < 4.78 is 77.6. The molecule has 2 aromatic carbocycles. The number of nitrogens with one attached hydrogen (secondary N) is 1. The lowest BCUT2D eigenvalue weighted by molar-refractivity contribution is -0.143. The average molecular weight is 329 g/mol. The van der Waals surface area contributed by atoms with E-state index in [2.05, 4.69) is 4.98 Å². The second-order valence-electron chi connectivity index (χ2n) is 5.04. The van der Waals surface area contributed by atoms with Gasteiger partial charge in [0.1, 0.15) is 0 Å². The third-order valence-corrected chi connectivity index (χ3v) is 3.49. The zero-order valence-corrected chi connectivity index (χ0v) is 11.4. The van der Waals surface area contributed by atoms with Crippen LogP contribution in [0.2, 0.25) is 0 Å². The monoisotopic (exact) mass is 329 g/mol. The van der Waals surface area contributed by atoms with E-state index in [1.807, 2.05) is 0 Å². The van der Waals surface area contributed by atoms with E-state index >= 15 is 0 Å². The number of rotatable bonds is 1. The standard InChI is InChI=1S/C16H9F6N/c17-15(18,19)10-6-9(7-11(8-10)16(20,21)22)12-2-1-3-14-13(12)4-5-23-14/h1-8,23H. The highest BCUT2D eigenvalue weighted by Crippen LogP contribution is 2.39. The summed E-state index contributed by atoms with van der Waals surface area (Å²) in [6.07, 6.45) is -8.14. The van der Waals surface area contributed by atoms with E-state index in [1.165, 1.54) is 6.07 Å². The molecule has 3 aromatic rings. The SMILES string of the molecule is FC(F)(F)c1cc(-c2cccc3[nH]ccc23)cc(C(F)(F)F)c1. The van der Waals surface area contributed by atoms with Gasteiger partial charge >= 0.3 is 12.4 Å². The molecule has 0 aliphatic heterocycles. The molecule has 1 nitrogen and oxygen atoms in total. The fourth-order valence-electron chi connectivity index (χ4n) is 2.45. The van der Waals surface area contributed by atoms with E-state index in [-0.39, 0.29) is 11.6 Å². The lowest BCUT2D eigenvalue weighted by Crippen LogP contribution is -2.11. The number of hydrogen-bond donors (Lipinski definition) is 1. The van der Waals surface area contributed by atoms with E-state index in [9.17, 15) is 26.3 Å². The molecule has 23 heavy (non-hydrogen) atoms. The molecule has 0 unspecified atom stereocenters. The van der Waals surface area contributed by atoms with Crippen LogP contribution in [0.15, 0.2) is 48.7 Å². The van der Waals surface area contributed by atoms with E-state index in [4.69, 9.17) is 0 Å². The van der Waals surface area contributed by atoms with Crippen molar-refractivity contribution in [3.63, 3.8) is 0 Å². The second-order valence-corrected chi connectivity index (χ2v) is 5.04. The van der Waals surface area contributed by atoms with Crippen molar-refractivity contribution in [1.29, 1.82) is 0 Å². The molecule has 0 fully saturated rings. The number of aromatic nitrogens is 1. The Labute approximate surface area is 126 Å². The van der Waals surface area contributed by atoms with Crippen molar-refractivity contribution in [2.45, 2.75) is 12.4 Å². The maximum atomic E-state index is 12.9. The highest BCUT2D eigenvalue weighted by molar-refractivity contribution is 5.95. The first-order valence-corrected chi connectivity index (χ1v) is 6.52. The molecule has 0 aliphatic carbocycles. The summed E-state index contributed by atoms with van der Waals surface area (Å²) in [6, 6.07) is 7.96. The molecule has 7 heteroatoms. The van der Waals surface area contributed by atoms with Gasteiger partial charge in [-0.2, -0.15) is 26.3 Å². The summed E-state index contributed by atoms with van der Waals surface area (Å²) in [7, 11) is 0. The first-order chi connectivity index (χ1) is 10.7. The minimum Gasteiger partial charge on any atom is -0.361 e. The van der Waals surface area contributed by atoms with Crippen molar-refractivity contribution in [2.24, 2.45) is 0 Å². The molecule has 0 aliphatic rings. The fraction of sp³-hybridized carbons (Fsp3) is 0.125. The van der Waals surface area contributed by atoms with Crippen LogP contribution in [0.1, 0.15) is 11.1 Å². The summed E-state index contributed by atoms with van der Waals surface area (Å²) in [6.45, 7) is 0. The lowest BCUT2D eigenvalue weighted by Gasteiger charge is -2.14. The molecule has 1 aromatic heterocycles. The number of benzene rings is 2. The Morgan fingerprint density at radius 3 is 1.91 bits per heavy atom. The third-order valence-electron chi connectivity index (χ3n) is 3.49. The molecular weight excluding hydrogens is 320 g/mol. The number of hydrogen-bond acceptors (Lipinski definition) is 0. The Kier molecular flexibility index (Phi) is 3.39. The van der Waals surface area contributed by atoms with Crippen LogP contribution in [0, 0.1) is 0 Å². The largest absolute Gasteiger partial charge is 0.416 e. The molecule has 3 rings (SSSR count). The Balaban J connectivity index is 2.29. The highest BCUT2D eigenvalue weighted by atomic mass is 19.4. The van der Waals surface area contributed by atoms with Crippen LogP contribution in [0.3, 0.4) is 0 Å². The van der Waals surface area contributed by atoms with Crippen molar-refractivity contribution < 1.29 is 26.3 Å². The molecule has 1 heterocycles. The molecule has 0 atom stereocenters. The lowest BCUT2D eigenvalue weighted by atomic mass is 9.97. The minimum atomic E-state index is -4.86. The van der Waals surface area contributed by atoms with Gasteiger partial charge in [0.2, 0.25) is 0 Å². The summed E-state index contributed by atoms with van der Waals surface area (Å²) in [5.41, 5.74) is -1.84. The van der Waals surface area contributed by atoms with Crippen LogP contribution in [0.5, 0.6) is 0 Å². The van der Waals surface area contributed by atoms with Gasteiger partial charge in [-0.1, -0.05) is 12.1 Å². The van der Waals surface area contributed by atoms with Crippen molar-refractivity contribution in [3.8, 4) is 11.1 Å². The van der Waals surface area contributed by atoms with Gasteiger partial charge in [0.25, 0.3) is 0 Å². The Morgan fingerprint density at radius 2 is 1.35 bits per heavy atom. The first-order valence-electron chi connectivity index (χ1n) is 6.52. The molecule has 0 saturated carbocycles. The van der Waals surface area contributed by atoms with E-state index in [1.54, 1.807) is 24.4 Å². The van der Waals surface area contributed by atoms with E-state index in [0.29, 0.717) is 16.5 Å². The Morgan fingerprint density at radius 1 is 0.739 bits per heavy atom. The summed E-state index contributed by atoms with van der Waals surface area (Å²) in [4.78, 5) is 2.87. The van der Waals surface area contributed by atoms with Crippen LogP contribution in [-0.4, -0.2) is 4.98 Å². The molecule has 1 N–H and O–H groups in total. The fourth-order valence-corrected chi connectivity index (χ4v) is 2.45. The van der Waals surface area contributed by atoms with Gasteiger partial charge < -0.3 is 4.98 Å². The maximum absolute atomic E-state index is 12.9. The summed E-state index contributed by atoms with van der Waals surface area (Å²) >= 11 is 0. The van der Waals surface area contributed by atoms with Crippen molar-refractivity contribution >= 4 is 10.9 Å². The van der Waals surface area contributed by atoms with Crippen LogP contribution < -0.4 is 0 Å². The van der Waals surface area contributed by atoms with Gasteiger partial charge in [-0.3, -0.25) is 0 Å². The van der Waals surface area contributed by atoms with Gasteiger partial charge in [-0.25, -0.2) is 0 Å². The predicted molar refractivity (Wildman–Crippen MR) is 73.7 cm³/mol. The summed E-state index contributed by atoms with van der Waals surface area (Å²) in [5, 5.41) is 0.556. The van der Waals surface area contributed by atoms with Crippen molar-refractivity contribution in [3.05, 3.63) is 59.8 Å². The molecular formula is C16H9F6N. The molecule has 0 bridgehead atoms. The van der Waals surface area contributed by atoms with Gasteiger partial charge in [0.05, 0.1) is 11.1 Å². The topological polar surface area (TPSA) is 15.8 Å². The van der Waals surface area contributed by atoms with Gasteiger partial charge in [-0.05, 0) is 41.5 Å². The van der Waals surface area contributed by atoms with Crippen LogP contribution in [0.25, 0.3) is 22.0 Å². The minimum absolute atomic E-state index is 0.126. The zero-order chi connectivity index (χ0) is 16.8. The van der Waals surface area contributed by atoms with E-state index < -0.39 is 23.5 Å². The molecule has 0 spiro atoms. The highest BCUT2D eigenvalue weighted by Gasteiger charge is 2.37. The number of fused-ring (bicyclic) bond motifs is 1. The van der Waals surface area contributed by atoms with Crippen molar-refractivity contribution in [1.82, 2.24) is 4.98 Å². The van der Waals surface area contributed by atoms with Crippen LogP contribution >= 0.6 is 0 Å². The predicted octanol–water partition coefficient (Wildman–Crippen LogP) is 5.87. The molecule has 0 amide bonds. The number of H-pyrrole nitrogens is 1. The van der Waals surface area contributed by atoms with E-state index in [0.717, 1.165) is 12.1 Å².